The molecule has 0 radical (unpaired) electrons. The normalized spacial score (nSPS) is 24.1. The number of carboxylic acids is 1. The molecule has 0 unspecified atom stereocenters. The molecule has 114 valence electrons. The lowest BCUT2D eigenvalue weighted by molar-refractivity contribution is -0.146. The van der Waals surface area contributed by atoms with Crippen LogP contribution < -0.4 is 4.90 Å². The molecule has 1 saturated heterocycles. The minimum atomic E-state index is -4.42. The van der Waals surface area contributed by atoms with Crippen molar-refractivity contribution in [2.75, 3.05) is 18.0 Å². The van der Waals surface area contributed by atoms with E-state index >= 15 is 0 Å². The highest BCUT2D eigenvalue weighted by molar-refractivity contribution is 5.73. The van der Waals surface area contributed by atoms with Crippen LogP contribution in [-0.4, -0.2) is 29.1 Å². The van der Waals surface area contributed by atoms with Crippen molar-refractivity contribution in [1.82, 2.24) is 4.98 Å². The molecule has 1 aliphatic heterocycles. The van der Waals surface area contributed by atoms with Gasteiger partial charge in [0.25, 0.3) is 0 Å². The van der Waals surface area contributed by atoms with Gasteiger partial charge in [-0.2, -0.15) is 13.2 Å². The predicted octanol–water partition coefficient (Wildman–Crippen LogP) is 2.79. The quantitative estimate of drug-likeness (QED) is 0.912. The van der Waals surface area contributed by atoms with E-state index in [0.29, 0.717) is 6.54 Å². The second-order valence-electron chi connectivity index (χ2n) is 5.89. The highest BCUT2D eigenvalue weighted by Gasteiger charge is 2.53. The molecule has 0 amide bonds. The van der Waals surface area contributed by atoms with Crippen molar-refractivity contribution in [2.24, 2.45) is 11.3 Å². The van der Waals surface area contributed by atoms with Crippen molar-refractivity contribution >= 4 is 11.8 Å². The third-order valence-corrected chi connectivity index (χ3v) is 4.69. The van der Waals surface area contributed by atoms with Gasteiger partial charge in [-0.1, -0.05) is 6.42 Å². The van der Waals surface area contributed by atoms with E-state index in [9.17, 15) is 23.1 Å². The first-order valence-corrected chi connectivity index (χ1v) is 6.83. The summed E-state index contributed by atoms with van der Waals surface area (Å²) in [7, 11) is 0. The van der Waals surface area contributed by atoms with Crippen LogP contribution in [0.5, 0.6) is 0 Å². The number of aliphatic carboxylic acids is 1. The predicted molar refractivity (Wildman–Crippen MR) is 68.9 cm³/mol. The van der Waals surface area contributed by atoms with Gasteiger partial charge < -0.3 is 10.0 Å². The summed E-state index contributed by atoms with van der Waals surface area (Å²) >= 11 is 0. The molecule has 2 heterocycles. The molecule has 1 aromatic rings. The summed E-state index contributed by atoms with van der Waals surface area (Å²) in [5, 5.41) is 9.34. The summed E-state index contributed by atoms with van der Waals surface area (Å²) in [6, 6.07) is 1.92. The van der Waals surface area contributed by atoms with Gasteiger partial charge in [-0.15, -0.1) is 0 Å². The second kappa shape index (κ2) is 4.61. The zero-order valence-electron chi connectivity index (χ0n) is 11.2. The van der Waals surface area contributed by atoms with E-state index < -0.39 is 23.6 Å². The van der Waals surface area contributed by atoms with E-state index in [2.05, 4.69) is 4.98 Å². The molecule has 2 aliphatic rings. The average Bonchev–Trinajstić information content (AvgIpc) is 2.78. The molecule has 1 aromatic heterocycles. The molecule has 1 spiro atoms. The number of carboxylic acid groups (broad SMARTS) is 1. The SMILES string of the molecule is O=C(O)[C@@H]1CN(c2cc(C(F)(F)F)ccn2)CC12CCC2. The van der Waals surface area contributed by atoms with Crippen LogP contribution >= 0.6 is 0 Å². The number of hydrogen-bond acceptors (Lipinski definition) is 3. The Labute approximate surface area is 119 Å². The van der Waals surface area contributed by atoms with Crippen LogP contribution in [0.3, 0.4) is 0 Å². The second-order valence-corrected chi connectivity index (χ2v) is 5.89. The molecule has 0 aromatic carbocycles. The zero-order valence-corrected chi connectivity index (χ0v) is 11.2. The Morgan fingerprint density at radius 3 is 2.62 bits per heavy atom. The first-order chi connectivity index (χ1) is 9.82. The van der Waals surface area contributed by atoms with Crippen molar-refractivity contribution in [3.8, 4) is 0 Å². The Kier molecular flexibility index (Phi) is 3.11. The van der Waals surface area contributed by atoms with Gasteiger partial charge in [0, 0.05) is 24.7 Å². The minimum absolute atomic E-state index is 0.208. The molecule has 3 rings (SSSR count). The Balaban J connectivity index is 1.87. The highest BCUT2D eigenvalue weighted by Crippen LogP contribution is 2.52. The monoisotopic (exact) mass is 300 g/mol. The lowest BCUT2D eigenvalue weighted by Crippen LogP contribution is -2.40. The van der Waals surface area contributed by atoms with Gasteiger partial charge in [0.05, 0.1) is 11.5 Å². The van der Waals surface area contributed by atoms with E-state index in [1.165, 1.54) is 0 Å². The van der Waals surface area contributed by atoms with Gasteiger partial charge in [-0.05, 0) is 25.0 Å². The molecule has 2 fully saturated rings. The summed E-state index contributed by atoms with van der Waals surface area (Å²) in [6.07, 6.45) is -0.677. The van der Waals surface area contributed by atoms with E-state index in [0.717, 1.165) is 37.6 Å². The van der Waals surface area contributed by atoms with Crippen LogP contribution in [0.4, 0.5) is 19.0 Å². The Morgan fingerprint density at radius 2 is 2.14 bits per heavy atom. The zero-order chi connectivity index (χ0) is 15.3. The van der Waals surface area contributed by atoms with Crippen molar-refractivity contribution in [3.05, 3.63) is 23.9 Å². The Bertz CT molecular complexity index is 570. The highest BCUT2D eigenvalue weighted by atomic mass is 19.4. The fraction of sp³-hybridized carbons (Fsp3) is 0.571. The smallest absolute Gasteiger partial charge is 0.416 e. The molecule has 1 saturated carbocycles. The van der Waals surface area contributed by atoms with E-state index in [-0.39, 0.29) is 17.8 Å². The van der Waals surface area contributed by atoms with Crippen molar-refractivity contribution in [3.63, 3.8) is 0 Å². The van der Waals surface area contributed by atoms with Crippen LogP contribution in [0.2, 0.25) is 0 Å². The fourth-order valence-electron chi connectivity index (χ4n) is 3.39. The molecule has 1 atom stereocenters. The lowest BCUT2D eigenvalue weighted by atomic mass is 9.63. The Hall–Kier alpha value is -1.79. The number of aromatic nitrogens is 1. The van der Waals surface area contributed by atoms with Crippen LogP contribution in [-0.2, 0) is 11.0 Å². The number of carbonyl (C=O) groups is 1. The van der Waals surface area contributed by atoms with E-state index in [1.807, 2.05) is 0 Å². The van der Waals surface area contributed by atoms with Gasteiger partial charge in [0.1, 0.15) is 5.82 Å². The first-order valence-electron chi connectivity index (χ1n) is 6.83. The number of rotatable bonds is 2. The van der Waals surface area contributed by atoms with Crippen LogP contribution in [0.1, 0.15) is 24.8 Å². The van der Waals surface area contributed by atoms with Crippen molar-refractivity contribution in [1.29, 1.82) is 0 Å². The first kappa shape index (κ1) is 14.2. The van der Waals surface area contributed by atoms with Crippen molar-refractivity contribution < 1.29 is 23.1 Å². The molecule has 1 aliphatic carbocycles. The lowest BCUT2D eigenvalue weighted by Gasteiger charge is -2.41. The van der Waals surface area contributed by atoms with Crippen molar-refractivity contribution in [2.45, 2.75) is 25.4 Å². The Morgan fingerprint density at radius 1 is 1.43 bits per heavy atom. The van der Waals surface area contributed by atoms with Gasteiger partial charge >= 0.3 is 12.1 Å². The summed E-state index contributed by atoms with van der Waals surface area (Å²) in [5.41, 5.74) is -1.05. The maximum absolute atomic E-state index is 12.7. The van der Waals surface area contributed by atoms with Crippen LogP contribution in [0, 0.1) is 11.3 Å². The average molecular weight is 300 g/mol. The van der Waals surface area contributed by atoms with Crippen LogP contribution in [0.25, 0.3) is 0 Å². The number of pyridine rings is 1. The number of nitrogens with zero attached hydrogens (tertiary/aromatic N) is 2. The topological polar surface area (TPSA) is 53.4 Å². The third-order valence-electron chi connectivity index (χ3n) is 4.69. The molecule has 4 nitrogen and oxygen atoms in total. The number of halogens is 3. The van der Waals surface area contributed by atoms with E-state index in [1.54, 1.807) is 4.90 Å². The summed E-state index contributed by atoms with van der Waals surface area (Å²) in [4.78, 5) is 17.0. The van der Waals surface area contributed by atoms with Gasteiger partial charge in [-0.25, -0.2) is 4.98 Å². The molecular formula is C14H15F3N2O2. The standard InChI is InChI=1S/C14H15F3N2O2/c15-14(16,17)9-2-5-18-11(6-9)19-7-10(12(20)21)13(8-19)3-1-4-13/h2,5-6,10H,1,3-4,7-8H2,(H,20,21)/t10-/m0/s1. The molecule has 21 heavy (non-hydrogen) atoms. The van der Waals surface area contributed by atoms with Gasteiger partial charge in [-0.3, -0.25) is 4.79 Å². The molecule has 1 N–H and O–H groups in total. The van der Waals surface area contributed by atoms with E-state index in [4.69, 9.17) is 0 Å². The summed E-state index contributed by atoms with van der Waals surface area (Å²) < 4.78 is 38.2. The maximum atomic E-state index is 12.7. The number of hydrogen-bond donors (Lipinski definition) is 1. The number of alkyl halides is 3. The third kappa shape index (κ3) is 2.34. The molecular weight excluding hydrogens is 285 g/mol. The molecule has 0 bridgehead atoms. The van der Waals surface area contributed by atoms with Gasteiger partial charge in [0.2, 0.25) is 0 Å². The fourth-order valence-corrected chi connectivity index (χ4v) is 3.39. The summed E-state index contributed by atoms with van der Waals surface area (Å²) in [5.74, 6) is -1.19. The maximum Gasteiger partial charge on any atom is 0.416 e. The largest absolute Gasteiger partial charge is 0.481 e. The summed E-state index contributed by atoms with van der Waals surface area (Å²) in [6.45, 7) is 0.696. The number of anilines is 1. The van der Waals surface area contributed by atoms with Crippen LogP contribution in [0.15, 0.2) is 18.3 Å². The molecule has 7 heteroatoms. The van der Waals surface area contributed by atoms with Gasteiger partial charge in [0.15, 0.2) is 0 Å². The minimum Gasteiger partial charge on any atom is -0.481 e.